The molecular formula is C22H25N7O2. The van der Waals surface area contributed by atoms with Crippen molar-refractivity contribution in [2.75, 3.05) is 30.4 Å². The van der Waals surface area contributed by atoms with Crippen LogP contribution in [0.1, 0.15) is 17.5 Å². The zero-order valence-corrected chi connectivity index (χ0v) is 17.8. The van der Waals surface area contributed by atoms with Gasteiger partial charge in [-0.25, -0.2) is 9.50 Å². The first-order valence-corrected chi connectivity index (χ1v) is 10.3. The number of rotatable bonds is 5. The van der Waals surface area contributed by atoms with E-state index >= 15 is 0 Å². The Labute approximate surface area is 179 Å². The minimum Gasteiger partial charge on any atom is -0.496 e. The summed E-state index contributed by atoms with van der Waals surface area (Å²) >= 11 is 0. The van der Waals surface area contributed by atoms with Crippen molar-refractivity contribution in [3.8, 4) is 11.4 Å². The third-order valence-electron chi connectivity index (χ3n) is 5.78. The van der Waals surface area contributed by atoms with E-state index in [1.807, 2.05) is 42.1 Å². The van der Waals surface area contributed by atoms with Gasteiger partial charge in [0, 0.05) is 25.4 Å². The number of aromatic nitrogens is 5. The van der Waals surface area contributed by atoms with Crippen LogP contribution in [0.3, 0.4) is 0 Å². The van der Waals surface area contributed by atoms with E-state index in [9.17, 15) is 5.11 Å². The molecule has 9 heteroatoms. The standard InChI is InChI=1S/C22H25N7O2/c1-14-9-16(10-19(31-3)15(14)2)28-12-20(23-13-28)24-22-25-21(27-8-6-17(30)11-27)18-5-4-7-29(18)26-22/h4-5,7,9-10,12-13,17,30H,6,8,11H2,1-3H3,(H,24,26)/t17-/m0/s1. The number of anilines is 3. The molecule has 0 bridgehead atoms. The lowest BCUT2D eigenvalue weighted by Crippen LogP contribution is -2.23. The maximum atomic E-state index is 9.94. The predicted molar refractivity (Wildman–Crippen MR) is 119 cm³/mol. The van der Waals surface area contributed by atoms with Crippen molar-refractivity contribution in [2.24, 2.45) is 0 Å². The average molecular weight is 419 g/mol. The van der Waals surface area contributed by atoms with Gasteiger partial charge in [0.05, 0.1) is 25.1 Å². The van der Waals surface area contributed by atoms with Crippen molar-refractivity contribution in [2.45, 2.75) is 26.4 Å². The van der Waals surface area contributed by atoms with Gasteiger partial charge >= 0.3 is 0 Å². The average Bonchev–Trinajstić information content (AvgIpc) is 3.50. The number of β-amino-alcohol motifs (C(OH)–C–C–N with tert-alkyl or cyclic N) is 1. The molecule has 1 aromatic carbocycles. The van der Waals surface area contributed by atoms with Crippen molar-refractivity contribution >= 4 is 23.1 Å². The van der Waals surface area contributed by atoms with Gasteiger partial charge < -0.3 is 24.6 Å². The Bertz CT molecular complexity index is 1250. The topological polar surface area (TPSA) is 92.7 Å². The molecule has 0 radical (unpaired) electrons. The van der Waals surface area contributed by atoms with E-state index in [-0.39, 0.29) is 6.10 Å². The number of hydrogen-bond donors (Lipinski definition) is 2. The van der Waals surface area contributed by atoms with Gasteiger partial charge in [-0.05, 0) is 49.6 Å². The highest BCUT2D eigenvalue weighted by Crippen LogP contribution is 2.27. The molecule has 160 valence electrons. The fourth-order valence-corrected chi connectivity index (χ4v) is 3.95. The quantitative estimate of drug-likeness (QED) is 0.514. The number of methoxy groups -OCH3 is 1. The number of aliphatic hydroxyl groups excluding tert-OH is 1. The van der Waals surface area contributed by atoms with Crippen molar-refractivity contribution in [3.05, 3.63) is 54.1 Å². The Morgan fingerprint density at radius 2 is 2.13 bits per heavy atom. The molecule has 5 rings (SSSR count). The number of fused-ring (bicyclic) bond motifs is 1. The number of nitrogens with zero attached hydrogens (tertiary/aromatic N) is 6. The highest BCUT2D eigenvalue weighted by atomic mass is 16.5. The number of aryl methyl sites for hydroxylation is 1. The van der Waals surface area contributed by atoms with Gasteiger partial charge in [-0.3, -0.25) is 0 Å². The number of nitrogens with one attached hydrogen (secondary N) is 1. The first-order chi connectivity index (χ1) is 15.0. The van der Waals surface area contributed by atoms with E-state index in [0.717, 1.165) is 46.9 Å². The van der Waals surface area contributed by atoms with Crippen LogP contribution in [-0.2, 0) is 0 Å². The minimum atomic E-state index is -0.327. The highest BCUT2D eigenvalue weighted by molar-refractivity contribution is 5.71. The number of hydrogen-bond acceptors (Lipinski definition) is 7. The molecule has 0 saturated carbocycles. The lowest BCUT2D eigenvalue weighted by Gasteiger charge is -2.18. The smallest absolute Gasteiger partial charge is 0.248 e. The largest absolute Gasteiger partial charge is 0.496 e. The summed E-state index contributed by atoms with van der Waals surface area (Å²) in [6.07, 6.45) is 5.94. The van der Waals surface area contributed by atoms with Gasteiger partial charge in [0.15, 0.2) is 11.6 Å². The van der Waals surface area contributed by atoms with E-state index in [4.69, 9.17) is 9.72 Å². The van der Waals surface area contributed by atoms with Gasteiger partial charge in [-0.2, -0.15) is 4.98 Å². The lowest BCUT2D eigenvalue weighted by atomic mass is 10.1. The fourth-order valence-electron chi connectivity index (χ4n) is 3.95. The molecule has 1 aliphatic rings. The van der Waals surface area contributed by atoms with Gasteiger partial charge in [0.2, 0.25) is 5.95 Å². The summed E-state index contributed by atoms with van der Waals surface area (Å²) in [5.74, 6) is 2.73. The number of ether oxygens (including phenoxy) is 1. The molecule has 2 N–H and O–H groups in total. The fraction of sp³-hybridized carbons (Fsp3) is 0.318. The number of benzene rings is 1. The summed E-state index contributed by atoms with van der Waals surface area (Å²) in [6.45, 7) is 5.45. The van der Waals surface area contributed by atoms with Gasteiger partial charge in [-0.1, -0.05) is 0 Å². The predicted octanol–water partition coefficient (Wildman–Crippen LogP) is 2.86. The van der Waals surface area contributed by atoms with E-state index in [1.54, 1.807) is 18.0 Å². The number of imidazole rings is 1. The first-order valence-electron chi connectivity index (χ1n) is 10.3. The Hall–Kier alpha value is -3.59. The second kappa shape index (κ2) is 7.59. The van der Waals surface area contributed by atoms with Crippen LogP contribution in [0.4, 0.5) is 17.6 Å². The van der Waals surface area contributed by atoms with Gasteiger partial charge in [0.1, 0.15) is 17.6 Å². The van der Waals surface area contributed by atoms with Crippen LogP contribution in [0.5, 0.6) is 5.75 Å². The molecule has 1 atom stereocenters. The molecule has 1 saturated heterocycles. The van der Waals surface area contributed by atoms with Crippen molar-refractivity contribution in [1.29, 1.82) is 0 Å². The van der Waals surface area contributed by atoms with E-state index in [2.05, 4.69) is 33.3 Å². The maximum Gasteiger partial charge on any atom is 0.248 e. The van der Waals surface area contributed by atoms with E-state index in [1.165, 1.54) is 0 Å². The van der Waals surface area contributed by atoms with Crippen LogP contribution < -0.4 is 15.0 Å². The van der Waals surface area contributed by atoms with Crippen molar-refractivity contribution in [3.63, 3.8) is 0 Å². The molecule has 1 fully saturated rings. The maximum absolute atomic E-state index is 9.94. The zero-order valence-electron chi connectivity index (χ0n) is 17.8. The molecule has 4 heterocycles. The molecule has 9 nitrogen and oxygen atoms in total. The van der Waals surface area contributed by atoms with Crippen LogP contribution in [0.2, 0.25) is 0 Å². The second-order valence-corrected chi connectivity index (χ2v) is 7.87. The molecule has 0 spiro atoms. The molecule has 0 amide bonds. The first kappa shape index (κ1) is 19.4. The third kappa shape index (κ3) is 3.57. The summed E-state index contributed by atoms with van der Waals surface area (Å²) in [5, 5.41) is 17.7. The lowest BCUT2D eigenvalue weighted by molar-refractivity contribution is 0.198. The zero-order chi connectivity index (χ0) is 21.5. The molecule has 0 unspecified atom stereocenters. The number of aliphatic hydroxyl groups is 1. The summed E-state index contributed by atoms with van der Waals surface area (Å²) < 4.78 is 9.22. The molecule has 31 heavy (non-hydrogen) atoms. The van der Waals surface area contributed by atoms with Crippen LogP contribution in [0.15, 0.2) is 43.0 Å². The monoisotopic (exact) mass is 419 g/mol. The van der Waals surface area contributed by atoms with Crippen molar-refractivity contribution in [1.82, 2.24) is 24.1 Å². The van der Waals surface area contributed by atoms with Crippen LogP contribution in [0, 0.1) is 13.8 Å². The summed E-state index contributed by atoms with van der Waals surface area (Å²) in [6, 6.07) is 8.01. The van der Waals surface area contributed by atoms with Crippen LogP contribution in [-0.4, -0.2) is 55.6 Å². The minimum absolute atomic E-state index is 0.327. The second-order valence-electron chi connectivity index (χ2n) is 7.87. The summed E-state index contributed by atoms with van der Waals surface area (Å²) in [5.41, 5.74) is 4.15. The molecular weight excluding hydrogens is 394 g/mol. The van der Waals surface area contributed by atoms with Crippen molar-refractivity contribution < 1.29 is 9.84 Å². The van der Waals surface area contributed by atoms with Crippen LogP contribution in [0.25, 0.3) is 11.2 Å². The Kier molecular flexibility index (Phi) is 4.74. The van der Waals surface area contributed by atoms with Gasteiger partial charge in [0.25, 0.3) is 0 Å². The Morgan fingerprint density at radius 3 is 2.90 bits per heavy atom. The third-order valence-corrected chi connectivity index (χ3v) is 5.78. The molecule has 4 aromatic rings. The summed E-state index contributed by atoms with van der Waals surface area (Å²) in [7, 11) is 1.68. The normalized spacial score (nSPS) is 16.3. The Morgan fingerprint density at radius 1 is 1.26 bits per heavy atom. The highest BCUT2D eigenvalue weighted by Gasteiger charge is 2.24. The molecule has 1 aliphatic heterocycles. The van der Waals surface area contributed by atoms with Crippen LogP contribution >= 0.6 is 0 Å². The van der Waals surface area contributed by atoms with E-state index < -0.39 is 0 Å². The van der Waals surface area contributed by atoms with Gasteiger partial charge in [-0.15, -0.1) is 5.10 Å². The molecule has 3 aromatic heterocycles. The molecule has 0 aliphatic carbocycles. The Balaban J connectivity index is 1.45. The summed E-state index contributed by atoms with van der Waals surface area (Å²) in [4.78, 5) is 11.3. The van der Waals surface area contributed by atoms with E-state index in [0.29, 0.717) is 18.3 Å². The SMILES string of the molecule is COc1cc(-n2cnc(Nc3nc(N4CC[C@H](O)C4)c4cccn4n3)c2)cc(C)c1C.